The predicted octanol–water partition coefficient (Wildman–Crippen LogP) is 2.95. The molecule has 0 bridgehead atoms. The smallest absolute Gasteiger partial charge is 0.253 e. The van der Waals surface area contributed by atoms with E-state index in [-0.39, 0.29) is 24.4 Å². The number of carbonyl (C=O) groups is 1. The van der Waals surface area contributed by atoms with Crippen LogP contribution < -0.4 is 5.73 Å². The molecule has 4 heteroatoms. The van der Waals surface area contributed by atoms with Crippen LogP contribution in [0, 0.1) is 5.41 Å². The normalized spacial score (nSPS) is 17.5. The number of nitrogens with zero attached hydrogens (tertiary/aromatic N) is 1. The van der Waals surface area contributed by atoms with E-state index in [0.29, 0.717) is 16.7 Å². The van der Waals surface area contributed by atoms with Gasteiger partial charge in [0.05, 0.1) is 0 Å². The molecule has 3 nitrogen and oxygen atoms in total. The van der Waals surface area contributed by atoms with Gasteiger partial charge in [0.25, 0.3) is 5.91 Å². The van der Waals surface area contributed by atoms with Crippen LogP contribution in [-0.4, -0.2) is 23.9 Å². The van der Waals surface area contributed by atoms with E-state index in [1.165, 1.54) is 12.8 Å². The molecular weight excluding hydrogens is 248 g/mol. The van der Waals surface area contributed by atoms with Crippen LogP contribution in [0.5, 0.6) is 0 Å². The van der Waals surface area contributed by atoms with E-state index in [0.717, 1.165) is 0 Å². The highest BCUT2D eigenvalue weighted by atomic mass is 35.5. The summed E-state index contributed by atoms with van der Waals surface area (Å²) < 4.78 is 0. The summed E-state index contributed by atoms with van der Waals surface area (Å²) in [5.74, 6) is 0.0536. The maximum absolute atomic E-state index is 12.3. The molecule has 1 aromatic rings. The summed E-state index contributed by atoms with van der Waals surface area (Å²) in [6.45, 7) is 4.36. The molecule has 2 rings (SSSR count). The number of halogens is 1. The Morgan fingerprint density at radius 1 is 1.44 bits per heavy atom. The lowest BCUT2D eigenvalue weighted by Crippen LogP contribution is -2.40. The molecule has 18 heavy (non-hydrogen) atoms. The maximum Gasteiger partial charge on any atom is 0.253 e. The number of carbonyl (C=O) groups excluding carboxylic acids is 1. The van der Waals surface area contributed by atoms with E-state index < -0.39 is 0 Å². The number of rotatable bonds is 3. The van der Waals surface area contributed by atoms with Gasteiger partial charge in [-0.05, 0) is 43.4 Å². The molecular formula is C14H21ClN2O. The molecule has 0 heterocycles. The van der Waals surface area contributed by atoms with Crippen molar-refractivity contribution in [2.45, 2.75) is 32.7 Å². The number of benzene rings is 1. The Hall–Kier alpha value is -1.22. The summed E-state index contributed by atoms with van der Waals surface area (Å²) in [5.41, 5.74) is 7.31. The topological polar surface area (TPSA) is 46.3 Å². The van der Waals surface area contributed by atoms with Crippen LogP contribution in [0.4, 0.5) is 5.69 Å². The van der Waals surface area contributed by atoms with Crippen molar-refractivity contribution >= 4 is 24.0 Å². The average molecular weight is 269 g/mol. The van der Waals surface area contributed by atoms with Crippen molar-refractivity contribution in [1.82, 2.24) is 4.90 Å². The first kappa shape index (κ1) is 14.8. The molecule has 1 aliphatic carbocycles. The Morgan fingerprint density at radius 2 is 2.06 bits per heavy atom. The first-order valence-corrected chi connectivity index (χ1v) is 6.07. The van der Waals surface area contributed by atoms with E-state index in [4.69, 9.17) is 5.73 Å². The van der Waals surface area contributed by atoms with Crippen molar-refractivity contribution in [3.05, 3.63) is 29.8 Å². The molecule has 0 radical (unpaired) electrons. The van der Waals surface area contributed by atoms with Gasteiger partial charge in [0.2, 0.25) is 0 Å². The minimum Gasteiger partial charge on any atom is -0.399 e. The van der Waals surface area contributed by atoms with Crippen LogP contribution in [0.1, 0.15) is 37.0 Å². The van der Waals surface area contributed by atoms with Crippen molar-refractivity contribution in [2.75, 3.05) is 12.8 Å². The largest absolute Gasteiger partial charge is 0.399 e. The third kappa shape index (κ3) is 2.78. The van der Waals surface area contributed by atoms with Crippen molar-refractivity contribution in [3.8, 4) is 0 Å². The molecule has 1 fully saturated rings. The summed E-state index contributed by atoms with van der Waals surface area (Å²) in [4.78, 5) is 14.1. The fourth-order valence-corrected chi connectivity index (χ4v) is 2.13. The molecule has 0 spiro atoms. The van der Waals surface area contributed by atoms with Crippen LogP contribution in [0.25, 0.3) is 0 Å². The molecule has 100 valence electrons. The molecule has 0 saturated heterocycles. The van der Waals surface area contributed by atoms with Gasteiger partial charge in [0, 0.05) is 24.3 Å². The lowest BCUT2D eigenvalue weighted by Gasteiger charge is -2.30. The van der Waals surface area contributed by atoms with Crippen molar-refractivity contribution in [2.24, 2.45) is 5.41 Å². The van der Waals surface area contributed by atoms with Gasteiger partial charge in [-0.25, -0.2) is 0 Å². The standard InChI is InChI=1S/C14H20N2O.ClH/c1-10(14(2)7-8-14)16(3)13(17)11-5-4-6-12(15)9-11;/h4-6,9-10H,7-8,15H2,1-3H3;1H. The predicted molar refractivity (Wildman–Crippen MR) is 77.0 cm³/mol. The molecule has 2 N–H and O–H groups in total. The quantitative estimate of drug-likeness (QED) is 0.857. The molecule has 0 aromatic heterocycles. The Bertz CT molecular complexity index is 443. The first-order valence-electron chi connectivity index (χ1n) is 6.07. The zero-order valence-corrected chi connectivity index (χ0v) is 12.0. The number of amides is 1. The summed E-state index contributed by atoms with van der Waals surface area (Å²) in [6, 6.07) is 7.44. The van der Waals surface area contributed by atoms with Gasteiger partial charge < -0.3 is 10.6 Å². The van der Waals surface area contributed by atoms with E-state index in [2.05, 4.69) is 13.8 Å². The van der Waals surface area contributed by atoms with Crippen molar-refractivity contribution in [1.29, 1.82) is 0 Å². The highest BCUT2D eigenvalue weighted by Gasteiger charge is 2.45. The van der Waals surface area contributed by atoms with Crippen molar-refractivity contribution < 1.29 is 4.79 Å². The molecule has 1 aromatic carbocycles. The van der Waals surface area contributed by atoms with Crippen LogP contribution in [-0.2, 0) is 0 Å². The minimum atomic E-state index is 0. The van der Waals surface area contributed by atoms with Gasteiger partial charge in [0.15, 0.2) is 0 Å². The van der Waals surface area contributed by atoms with Gasteiger partial charge in [-0.1, -0.05) is 13.0 Å². The second-order valence-electron chi connectivity index (χ2n) is 5.37. The van der Waals surface area contributed by atoms with Gasteiger partial charge in [0.1, 0.15) is 0 Å². The minimum absolute atomic E-state index is 0. The number of nitrogens with two attached hydrogens (primary N) is 1. The third-order valence-electron chi connectivity index (χ3n) is 4.08. The van der Waals surface area contributed by atoms with E-state index >= 15 is 0 Å². The summed E-state index contributed by atoms with van der Waals surface area (Å²) in [6.07, 6.45) is 2.42. The zero-order valence-electron chi connectivity index (χ0n) is 11.1. The Morgan fingerprint density at radius 3 is 2.56 bits per heavy atom. The maximum atomic E-state index is 12.3. The van der Waals surface area contributed by atoms with Gasteiger partial charge in [-0.3, -0.25) is 4.79 Å². The molecule has 1 amide bonds. The third-order valence-corrected chi connectivity index (χ3v) is 4.08. The van der Waals surface area contributed by atoms with Gasteiger partial charge >= 0.3 is 0 Å². The number of anilines is 1. The molecule has 1 unspecified atom stereocenters. The lowest BCUT2D eigenvalue weighted by molar-refractivity contribution is 0.0684. The van der Waals surface area contributed by atoms with Crippen molar-refractivity contribution in [3.63, 3.8) is 0 Å². The summed E-state index contributed by atoms with van der Waals surface area (Å²) in [7, 11) is 1.87. The Labute approximate surface area is 115 Å². The lowest BCUT2D eigenvalue weighted by atomic mass is 9.99. The van der Waals surface area contributed by atoms with Crippen LogP contribution in [0.2, 0.25) is 0 Å². The van der Waals surface area contributed by atoms with Crippen LogP contribution in [0.3, 0.4) is 0 Å². The highest BCUT2D eigenvalue weighted by molar-refractivity contribution is 5.95. The Kier molecular flexibility index (Phi) is 4.28. The SMILES string of the molecule is CC(N(C)C(=O)c1cccc(N)c1)C1(C)CC1.Cl. The average Bonchev–Trinajstić information content (AvgIpc) is 3.06. The van der Waals surface area contributed by atoms with Crippen LogP contribution in [0.15, 0.2) is 24.3 Å². The first-order chi connectivity index (χ1) is 7.94. The monoisotopic (exact) mass is 268 g/mol. The second-order valence-corrected chi connectivity index (χ2v) is 5.37. The van der Waals surface area contributed by atoms with Crippen LogP contribution >= 0.6 is 12.4 Å². The van der Waals surface area contributed by atoms with E-state index in [1.807, 2.05) is 24.1 Å². The molecule has 0 aliphatic heterocycles. The fraction of sp³-hybridized carbons (Fsp3) is 0.500. The number of hydrogen-bond donors (Lipinski definition) is 1. The summed E-state index contributed by atoms with van der Waals surface area (Å²) >= 11 is 0. The molecule has 1 atom stereocenters. The van der Waals surface area contributed by atoms with E-state index in [1.54, 1.807) is 12.1 Å². The summed E-state index contributed by atoms with van der Waals surface area (Å²) in [5, 5.41) is 0. The van der Waals surface area contributed by atoms with E-state index in [9.17, 15) is 4.79 Å². The van der Waals surface area contributed by atoms with Gasteiger partial charge in [-0.15, -0.1) is 12.4 Å². The second kappa shape index (κ2) is 5.19. The highest BCUT2D eigenvalue weighted by Crippen LogP contribution is 2.49. The number of nitrogen functional groups attached to an aromatic ring is 1. The Balaban J connectivity index is 0.00000162. The molecule has 1 saturated carbocycles. The number of hydrogen-bond acceptors (Lipinski definition) is 2. The zero-order chi connectivity index (χ0) is 12.6. The molecule has 1 aliphatic rings. The fourth-order valence-electron chi connectivity index (χ4n) is 2.13. The van der Waals surface area contributed by atoms with Gasteiger partial charge in [-0.2, -0.15) is 0 Å².